The van der Waals surface area contributed by atoms with E-state index in [2.05, 4.69) is 68.1 Å². The minimum Gasteiger partial charge on any atom is -0.321 e. The SMILES string of the molecule is Cc1cc2c(cc1C)C(C)N1C(=O)c3ccccc3C1c1ccccc1-2. The van der Waals surface area contributed by atoms with Crippen LogP contribution in [0.5, 0.6) is 0 Å². The average Bonchev–Trinajstić information content (AvgIpc) is 2.90. The standard InChI is InChI=1S/C24H21NO/c1-14-12-21-16(3)25-23(19-10-6-7-11-20(19)24(25)26)18-9-5-4-8-17(18)22(21)13-15(14)2/h4-13,16,23H,1-3H3. The number of aryl methyl sites for hydroxylation is 2. The summed E-state index contributed by atoms with van der Waals surface area (Å²) in [7, 11) is 0. The number of nitrogens with zero attached hydrogens (tertiary/aromatic N) is 1. The molecule has 1 amide bonds. The van der Waals surface area contributed by atoms with Gasteiger partial charge in [-0.25, -0.2) is 0 Å². The van der Waals surface area contributed by atoms with Crippen LogP contribution in [0.15, 0.2) is 60.7 Å². The summed E-state index contributed by atoms with van der Waals surface area (Å²) in [6.45, 7) is 6.47. The van der Waals surface area contributed by atoms with Crippen molar-refractivity contribution in [1.82, 2.24) is 4.90 Å². The van der Waals surface area contributed by atoms with Gasteiger partial charge in [0.25, 0.3) is 5.91 Å². The van der Waals surface area contributed by atoms with Crippen molar-refractivity contribution >= 4 is 5.91 Å². The molecule has 0 bridgehead atoms. The van der Waals surface area contributed by atoms with E-state index in [9.17, 15) is 4.79 Å². The summed E-state index contributed by atoms with van der Waals surface area (Å²) in [5.41, 5.74) is 9.49. The molecule has 0 aromatic heterocycles. The molecule has 5 rings (SSSR count). The van der Waals surface area contributed by atoms with Crippen molar-refractivity contribution in [1.29, 1.82) is 0 Å². The first kappa shape index (κ1) is 15.4. The summed E-state index contributed by atoms with van der Waals surface area (Å²) >= 11 is 0. The molecule has 26 heavy (non-hydrogen) atoms. The van der Waals surface area contributed by atoms with Gasteiger partial charge in [0, 0.05) is 5.56 Å². The molecular formula is C24H21NO. The summed E-state index contributed by atoms with van der Waals surface area (Å²) in [5, 5.41) is 0. The second-order valence-corrected chi connectivity index (χ2v) is 7.49. The van der Waals surface area contributed by atoms with E-state index >= 15 is 0 Å². The Kier molecular flexibility index (Phi) is 3.14. The number of hydrogen-bond donors (Lipinski definition) is 0. The van der Waals surface area contributed by atoms with Crippen molar-refractivity contribution in [3.63, 3.8) is 0 Å². The monoisotopic (exact) mass is 339 g/mol. The second kappa shape index (κ2) is 5.31. The summed E-state index contributed by atoms with van der Waals surface area (Å²) in [6, 6.07) is 21.2. The molecule has 2 atom stereocenters. The number of benzene rings is 3. The third kappa shape index (κ3) is 1.90. The topological polar surface area (TPSA) is 20.3 Å². The Morgan fingerprint density at radius 3 is 2.04 bits per heavy atom. The molecule has 0 aliphatic carbocycles. The van der Waals surface area contributed by atoms with Gasteiger partial charge in [-0.1, -0.05) is 54.6 Å². The molecule has 0 saturated heterocycles. The van der Waals surface area contributed by atoms with Crippen molar-refractivity contribution in [2.75, 3.05) is 0 Å². The van der Waals surface area contributed by atoms with Crippen LogP contribution < -0.4 is 0 Å². The highest BCUT2D eigenvalue weighted by molar-refractivity contribution is 6.01. The molecule has 3 aromatic rings. The molecule has 3 aromatic carbocycles. The Bertz CT molecular complexity index is 1070. The Morgan fingerprint density at radius 2 is 1.31 bits per heavy atom. The Labute approximate surface area is 154 Å². The van der Waals surface area contributed by atoms with Crippen LogP contribution >= 0.6 is 0 Å². The van der Waals surface area contributed by atoms with E-state index in [-0.39, 0.29) is 18.0 Å². The second-order valence-electron chi connectivity index (χ2n) is 7.49. The molecule has 2 unspecified atom stereocenters. The maximum Gasteiger partial charge on any atom is 0.255 e. The molecule has 0 fully saturated rings. The van der Waals surface area contributed by atoms with Crippen LogP contribution in [0.25, 0.3) is 11.1 Å². The number of carbonyl (C=O) groups is 1. The van der Waals surface area contributed by atoms with Gasteiger partial charge < -0.3 is 4.90 Å². The van der Waals surface area contributed by atoms with Crippen molar-refractivity contribution in [2.45, 2.75) is 32.9 Å². The minimum atomic E-state index is -0.0158. The van der Waals surface area contributed by atoms with Gasteiger partial charge in [-0.05, 0) is 65.8 Å². The van der Waals surface area contributed by atoms with Crippen molar-refractivity contribution in [3.05, 3.63) is 94.0 Å². The highest BCUT2D eigenvalue weighted by Gasteiger charge is 2.43. The third-order valence-corrected chi connectivity index (χ3v) is 6.08. The van der Waals surface area contributed by atoms with Crippen LogP contribution in [0.1, 0.15) is 57.2 Å². The van der Waals surface area contributed by atoms with Crippen LogP contribution in [0.3, 0.4) is 0 Å². The van der Waals surface area contributed by atoms with Crippen molar-refractivity contribution < 1.29 is 4.79 Å². The van der Waals surface area contributed by atoms with E-state index < -0.39 is 0 Å². The van der Waals surface area contributed by atoms with E-state index in [0.29, 0.717) is 0 Å². The van der Waals surface area contributed by atoms with Crippen LogP contribution in [-0.4, -0.2) is 10.8 Å². The lowest BCUT2D eigenvalue weighted by molar-refractivity contribution is 0.0680. The number of carbonyl (C=O) groups excluding carboxylic acids is 1. The van der Waals surface area contributed by atoms with E-state index in [1.165, 1.54) is 33.4 Å². The number of amides is 1. The predicted molar refractivity (Wildman–Crippen MR) is 104 cm³/mol. The van der Waals surface area contributed by atoms with Crippen LogP contribution in [0.2, 0.25) is 0 Å². The lowest BCUT2D eigenvalue weighted by Crippen LogP contribution is -2.30. The molecule has 2 heteroatoms. The highest BCUT2D eigenvalue weighted by Crippen LogP contribution is 2.50. The van der Waals surface area contributed by atoms with Gasteiger partial charge in [0.05, 0.1) is 12.1 Å². The number of rotatable bonds is 0. The van der Waals surface area contributed by atoms with E-state index in [0.717, 1.165) is 11.1 Å². The number of hydrogen-bond acceptors (Lipinski definition) is 1. The quantitative estimate of drug-likeness (QED) is 0.523. The average molecular weight is 339 g/mol. The summed E-state index contributed by atoms with van der Waals surface area (Å²) in [6.07, 6.45) is 0. The van der Waals surface area contributed by atoms with Crippen molar-refractivity contribution in [3.8, 4) is 11.1 Å². The zero-order chi connectivity index (χ0) is 18.0. The fourth-order valence-corrected chi connectivity index (χ4v) is 4.60. The summed E-state index contributed by atoms with van der Waals surface area (Å²) in [5.74, 6) is 0.138. The van der Waals surface area contributed by atoms with Gasteiger partial charge in [-0.3, -0.25) is 4.79 Å². The Hall–Kier alpha value is -2.87. The van der Waals surface area contributed by atoms with E-state index in [1.807, 2.05) is 18.2 Å². The van der Waals surface area contributed by atoms with Gasteiger partial charge >= 0.3 is 0 Å². The fourth-order valence-electron chi connectivity index (χ4n) is 4.60. The molecular weight excluding hydrogens is 318 g/mol. The molecule has 0 saturated carbocycles. The largest absolute Gasteiger partial charge is 0.321 e. The van der Waals surface area contributed by atoms with Crippen LogP contribution in [0, 0.1) is 13.8 Å². The molecule has 128 valence electrons. The third-order valence-electron chi connectivity index (χ3n) is 6.08. The maximum atomic E-state index is 13.3. The van der Waals surface area contributed by atoms with Gasteiger partial charge in [-0.15, -0.1) is 0 Å². The molecule has 2 heterocycles. The lowest BCUT2D eigenvalue weighted by atomic mass is 9.88. The van der Waals surface area contributed by atoms with Gasteiger partial charge in [-0.2, -0.15) is 0 Å². The summed E-state index contributed by atoms with van der Waals surface area (Å²) in [4.78, 5) is 15.4. The van der Waals surface area contributed by atoms with Crippen molar-refractivity contribution in [2.24, 2.45) is 0 Å². The molecule has 0 N–H and O–H groups in total. The smallest absolute Gasteiger partial charge is 0.255 e. The van der Waals surface area contributed by atoms with Crippen LogP contribution in [-0.2, 0) is 0 Å². The van der Waals surface area contributed by atoms with E-state index in [4.69, 9.17) is 0 Å². The minimum absolute atomic E-state index is 0.0158. The molecule has 2 aliphatic heterocycles. The molecule has 0 spiro atoms. The highest BCUT2D eigenvalue weighted by atomic mass is 16.2. The Balaban J connectivity index is 1.88. The zero-order valence-corrected chi connectivity index (χ0v) is 15.3. The molecule has 2 aliphatic rings. The Morgan fingerprint density at radius 1 is 0.731 bits per heavy atom. The normalized spacial score (nSPS) is 20.1. The number of fused-ring (bicyclic) bond motifs is 7. The fraction of sp³-hybridized carbons (Fsp3) is 0.208. The van der Waals surface area contributed by atoms with Gasteiger partial charge in [0.15, 0.2) is 0 Å². The van der Waals surface area contributed by atoms with E-state index in [1.54, 1.807) is 0 Å². The first-order valence-electron chi connectivity index (χ1n) is 9.20. The lowest BCUT2D eigenvalue weighted by Gasteiger charge is -2.30. The zero-order valence-electron chi connectivity index (χ0n) is 15.3. The van der Waals surface area contributed by atoms with Gasteiger partial charge in [0.1, 0.15) is 0 Å². The maximum absolute atomic E-state index is 13.3. The first-order chi connectivity index (χ1) is 12.6. The molecule has 2 nitrogen and oxygen atoms in total. The predicted octanol–water partition coefficient (Wildman–Crippen LogP) is 5.59. The summed E-state index contributed by atoms with van der Waals surface area (Å²) < 4.78 is 0. The molecule has 0 radical (unpaired) electrons. The van der Waals surface area contributed by atoms with Crippen LogP contribution in [0.4, 0.5) is 0 Å². The first-order valence-corrected chi connectivity index (χ1v) is 9.20. The van der Waals surface area contributed by atoms with Gasteiger partial charge in [0.2, 0.25) is 0 Å².